The van der Waals surface area contributed by atoms with Gasteiger partial charge in [-0.2, -0.15) is 0 Å². The second kappa shape index (κ2) is 5.51. The number of benzene rings is 1. The average molecular weight is 288 g/mol. The third-order valence-corrected chi connectivity index (χ3v) is 4.10. The van der Waals surface area contributed by atoms with Crippen LogP contribution in [0, 0.1) is 0 Å². The Morgan fingerprint density at radius 2 is 1.95 bits per heavy atom. The third kappa shape index (κ3) is 3.09. The Labute approximate surface area is 126 Å². The van der Waals surface area contributed by atoms with Gasteiger partial charge >= 0.3 is 0 Å². The van der Waals surface area contributed by atoms with Crippen LogP contribution in [0.5, 0.6) is 0 Å². The molecule has 4 heteroatoms. The van der Waals surface area contributed by atoms with Crippen molar-refractivity contribution < 1.29 is 9.59 Å². The molecule has 4 nitrogen and oxygen atoms in total. The minimum absolute atomic E-state index is 0.0227. The van der Waals surface area contributed by atoms with Crippen LogP contribution in [0.2, 0.25) is 0 Å². The summed E-state index contributed by atoms with van der Waals surface area (Å²) >= 11 is 0. The number of amides is 2. The van der Waals surface area contributed by atoms with Gasteiger partial charge in [0.2, 0.25) is 11.8 Å². The van der Waals surface area contributed by atoms with Crippen LogP contribution in [0.15, 0.2) is 24.3 Å². The van der Waals surface area contributed by atoms with E-state index in [4.69, 9.17) is 0 Å². The molecule has 0 spiro atoms. The quantitative estimate of drug-likeness (QED) is 0.839. The first-order chi connectivity index (χ1) is 9.72. The number of carbonyl (C=O) groups is 2. The van der Waals surface area contributed by atoms with Gasteiger partial charge < -0.3 is 9.80 Å². The molecule has 1 fully saturated rings. The van der Waals surface area contributed by atoms with E-state index in [2.05, 4.69) is 26.0 Å². The number of hydrogen-bond donors (Lipinski definition) is 0. The van der Waals surface area contributed by atoms with E-state index < -0.39 is 0 Å². The first kappa shape index (κ1) is 15.5. The van der Waals surface area contributed by atoms with Crippen LogP contribution >= 0.6 is 0 Å². The molecule has 1 saturated heterocycles. The fourth-order valence-electron chi connectivity index (χ4n) is 2.82. The lowest BCUT2D eigenvalue weighted by atomic mass is 9.96. The molecule has 0 N–H and O–H groups in total. The third-order valence-electron chi connectivity index (χ3n) is 4.10. The summed E-state index contributed by atoms with van der Waals surface area (Å²) in [7, 11) is 0. The molecule has 0 radical (unpaired) electrons. The van der Waals surface area contributed by atoms with Gasteiger partial charge in [-0.3, -0.25) is 9.59 Å². The van der Waals surface area contributed by atoms with E-state index in [-0.39, 0.29) is 23.9 Å². The van der Waals surface area contributed by atoms with Gasteiger partial charge in [0, 0.05) is 19.2 Å². The first-order valence-electron chi connectivity index (χ1n) is 7.41. The molecule has 1 aromatic carbocycles. The van der Waals surface area contributed by atoms with E-state index in [9.17, 15) is 9.59 Å². The number of hydrogen-bond acceptors (Lipinski definition) is 2. The zero-order valence-electron chi connectivity index (χ0n) is 13.5. The zero-order chi connectivity index (χ0) is 15.8. The highest BCUT2D eigenvalue weighted by atomic mass is 16.2. The molecule has 1 aliphatic rings. The van der Waals surface area contributed by atoms with Crippen LogP contribution in [0.1, 0.15) is 46.1 Å². The van der Waals surface area contributed by atoms with Crippen molar-refractivity contribution >= 4 is 17.5 Å². The highest BCUT2D eigenvalue weighted by Crippen LogP contribution is 2.28. The Hall–Kier alpha value is -1.84. The minimum Gasteiger partial charge on any atom is -0.327 e. The Kier molecular flexibility index (Phi) is 4.08. The van der Waals surface area contributed by atoms with Crippen LogP contribution in [0.3, 0.4) is 0 Å². The Bertz CT molecular complexity index is 564. The molecule has 0 aliphatic carbocycles. The highest BCUT2D eigenvalue weighted by Gasteiger charge is 2.39. The lowest BCUT2D eigenvalue weighted by Crippen LogP contribution is -2.63. The summed E-state index contributed by atoms with van der Waals surface area (Å²) in [5.41, 5.74) is 1.78. The van der Waals surface area contributed by atoms with Gasteiger partial charge in [0.05, 0.1) is 5.54 Å². The van der Waals surface area contributed by atoms with Crippen molar-refractivity contribution in [1.29, 1.82) is 0 Å². The molecule has 0 saturated carbocycles. The van der Waals surface area contributed by atoms with Crippen molar-refractivity contribution in [2.45, 2.75) is 46.1 Å². The molecule has 2 amide bonds. The SMILES string of the molecule is CC(=O)N1CC(=O)N(c2cccc(C(C)C)c2)CC1(C)C. The smallest absolute Gasteiger partial charge is 0.246 e. The number of carbonyl (C=O) groups excluding carboxylic acids is 2. The summed E-state index contributed by atoms with van der Waals surface area (Å²) in [5, 5.41) is 0. The minimum atomic E-state index is -0.354. The van der Waals surface area contributed by atoms with Crippen molar-refractivity contribution in [2.24, 2.45) is 0 Å². The van der Waals surface area contributed by atoms with Gasteiger partial charge in [-0.05, 0) is 37.5 Å². The maximum Gasteiger partial charge on any atom is 0.246 e. The average Bonchev–Trinajstić information content (AvgIpc) is 2.40. The predicted molar refractivity (Wildman–Crippen MR) is 84.4 cm³/mol. The molecule has 1 aliphatic heterocycles. The molecule has 0 atom stereocenters. The van der Waals surface area contributed by atoms with Gasteiger partial charge in [-0.25, -0.2) is 0 Å². The summed E-state index contributed by atoms with van der Waals surface area (Å²) in [6.45, 7) is 10.5. The Balaban J connectivity index is 2.31. The molecule has 0 unspecified atom stereocenters. The molecule has 114 valence electrons. The summed E-state index contributed by atoms with van der Waals surface area (Å²) < 4.78 is 0. The maximum atomic E-state index is 12.4. The standard InChI is InChI=1S/C17H24N2O2/c1-12(2)14-7-6-8-15(9-14)18-11-17(4,5)19(13(3)20)10-16(18)21/h6-9,12H,10-11H2,1-5H3. The first-order valence-corrected chi connectivity index (χ1v) is 7.41. The zero-order valence-corrected chi connectivity index (χ0v) is 13.5. The van der Waals surface area contributed by atoms with Crippen molar-refractivity contribution in [1.82, 2.24) is 4.90 Å². The lowest BCUT2D eigenvalue weighted by molar-refractivity contribution is -0.141. The lowest BCUT2D eigenvalue weighted by Gasteiger charge is -2.46. The molecule has 0 bridgehead atoms. The number of anilines is 1. The van der Waals surface area contributed by atoms with E-state index in [1.54, 1.807) is 9.80 Å². The highest BCUT2D eigenvalue weighted by molar-refractivity contribution is 5.98. The summed E-state index contributed by atoms with van der Waals surface area (Å²) in [6, 6.07) is 8.10. The van der Waals surface area contributed by atoms with Crippen LogP contribution in [-0.2, 0) is 9.59 Å². The van der Waals surface area contributed by atoms with Gasteiger partial charge in [-0.1, -0.05) is 26.0 Å². The molecule has 1 heterocycles. The number of nitrogens with zero attached hydrogens (tertiary/aromatic N) is 2. The monoisotopic (exact) mass is 288 g/mol. The largest absolute Gasteiger partial charge is 0.327 e. The maximum absolute atomic E-state index is 12.4. The normalized spacial score (nSPS) is 18.3. The predicted octanol–water partition coefficient (Wildman–Crippen LogP) is 2.78. The van der Waals surface area contributed by atoms with Gasteiger partial charge in [0.25, 0.3) is 0 Å². The van der Waals surface area contributed by atoms with E-state index in [1.807, 2.05) is 26.0 Å². The molecular weight excluding hydrogens is 264 g/mol. The van der Waals surface area contributed by atoms with Gasteiger partial charge in [-0.15, -0.1) is 0 Å². The number of rotatable bonds is 2. The van der Waals surface area contributed by atoms with Gasteiger partial charge in [0.15, 0.2) is 0 Å². The second-order valence-corrected chi connectivity index (χ2v) is 6.65. The van der Waals surface area contributed by atoms with Crippen molar-refractivity contribution in [3.05, 3.63) is 29.8 Å². The topological polar surface area (TPSA) is 40.6 Å². The van der Waals surface area contributed by atoms with E-state index in [0.717, 1.165) is 5.69 Å². The summed E-state index contributed by atoms with van der Waals surface area (Å²) in [6.07, 6.45) is 0. The van der Waals surface area contributed by atoms with Gasteiger partial charge in [0.1, 0.15) is 6.54 Å². The molecule has 2 rings (SSSR count). The summed E-state index contributed by atoms with van der Waals surface area (Å²) in [4.78, 5) is 27.6. The molecular formula is C17H24N2O2. The van der Waals surface area contributed by atoms with Crippen LogP contribution in [0.25, 0.3) is 0 Å². The van der Waals surface area contributed by atoms with Crippen molar-refractivity contribution in [3.8, 4) is 0 Å². The van der Waals surface area contributed by atoms with Crippen LogP contribution in [0.4, 0.5) is 5.69 Å². The van der Waals surface area contributed by atoms with Crippen molar-refractivity contribution in [3.63, 3.8) is 0 Å². The number of piperazine rings is 1. The van der Waals surface area contributed by atoms with Crippen LogP contribution < -0.4 is 4.90 Å². The fraction of sp³-hybridized carbons (Fsp3) is 0.529. The van der Waals surface area contributed by atoms with E-state index in [0.29, 0.717) is 12.5 Å². The summed E-state index contributed by atoms with van der Waals surface area (Å²) in [5.74, 6) is 0.348. The fourth-order valence-corrected chi connectivity index (χ4v) is 2.82. The molecule has 0 aromatic heterocycles. The van der Waals surface area contributed by atoms with Crippen LogP contribution in [-0.4, -0.2) is 35.3 Å². The second-order valence-electron chi connectivity index (χ2n) is 6.65. The van der Waals surface area contributed by atoms with E-state index in [1.165, 1.54) is 12.5 Å². The Morgan fingerprint density at radius 1 is 1.29 bits per heavy atom. The molecule has 21 heavy (non-hydrogen) atoms. The van der Waals surface area contributed by atoms with Crippen molar-refractivity contribution in [2.75, 3.05) is 18.0 Å². The van der Waals surface area contributed by atoms with E-state index >= 15 is 0 Å². The molecule has 1 aromatic rings. The Morgan fingerprint density at radius 3 is 2.52 bits per heavy atom.